The van der Waals surface area contributed by atoms with Gasteiger partial charge in [-0.2, -0.15) is 5.10 Å². The van der Waals surface area contributed by atoms with E-state index in [2.05, 4.69) is 10.4 Å². The second-order valence-corrected chi connectivity index (χ2v) is 6.78. The van der Waals surface area contributed by atoms with Gasteiger partial charge in [0.1, 0.15) is 0 Å². The number of anilines is 1. The fourth-order valence-corrected chi connectivity index (χ4v) is 3.02. The van der Waals surface area contributed by atoms with E-state index in [1.54, 1.807) is 18.2 Å². The second-order valence-electron chi connectivity index (χ2n) is 6.78. The Hall–Kier alpha value is -4.33. The number of carbonyl (C=O) groups excluding carboxylic acids is 2. The zero-order valence-corrected chi connectivity index (χ0v) is 16.7. The molecule has 160 valence electrons. The fourth-order valence-electron chi connectivity index (χ4n) is 3.02. The Morgan fingerprint density at radius 2 is 1.56 bits per heavy atom. The van der Waals surface area contributed by atoms with Crippen molar-refractivity contribution < 1.29 is 23.1 Å². The number of hydrogen-bond acceptors (Lipinski definition) is 4. The summed E-state index contributed by atoms with van der Waals surface area (Å²) in [5.74, 6) is -3.58. The van der Waals surface area contributed by atoms with Crippen molar-refractivity contribution in [2.24, 2.45) is 0 Å². The van der Waals surface area contributed by atoms with Crippen LogP contribution in [0.3, 0.4) is 0 Å². The van der Waals surface area contributed by atoms with Crippen molar-refractivity contribution in [3.05, 3.63) is 102 Å². The molecule has 0 spiro atoms. The standard InChI is InChI=1S/C24H17F2N3O3/c25-19-12-11-17(13-20(19)26)27-23(30)15-32-24(31)22-14-21(16-7-3-1-4-8-16)28-29(22)18-9-5-2-6-10-18/h1-14H,15H2,(H,27,30). The molecule has 1 amide bonds. The highest BCUT2D eigenvalue weighted by Gasteiger charge is 2.20. The summed E-state index contributed by atoms with van der Waals surface area (Å²) >= 11 is 0. The molecule has 0 fully saturated rings. The number of ether oxygens (including phenoxy) is 1. The van der Waals surface area contributed by atoms with Gasteiger partial charge in [0.05, 0.1) is 11.4 Å². The summed E-state index contributed by atoms with van der Waals surface area (Å²) in [5, 5.41) is 6.87. The van der Waals surface area contributed by atoms with Gasteiger partial charge in [0, 0.05) is 17.3 Å². The molecule has 0 aliphatic carbocycles. The predicted octanol–water partition coefficient (Wildman–Crippen LogP) is 4.61. The molecule has 0 saturated heterocycles. The van der Waals surface area contributed by atoms with Gasteiger partial charge in [0.25, 0.3) is 5.91 Å². The minimum atomic E-state index is -1.10. The lowest BCUT2D eigenvalue weighted by Gasteiger charge is -2.08. The van der Waals surface area contributed by atoms with Crippen LogP contribution in [0.15, 0.2) is 84.9 Å². The number of hydrogen-bond donors (Lipinski definition) is 1. The van der Waals surface area contributed by atoms with Gasteiger partial charge in [0.15, 0.2) is 23.9 Å². The molecule has 4 aromatic rings. The summed E-state index contributed by atoms with van der Waals surface area (Å²) in [6.45, 7) is -0.613. The van der Waals surface area contributed by atoms with Crippen molar-refractivity contribution in [1.82, 2.24) is 9.78 Å². The van der Waals surface area contributed by atoms with E-state index in [-0.39, 0.29) is 11.4 Å². The highest BCUT2D eigenvalue weighted by Crippen LogP contribution is 2.22. The third-order valence-electron chi connectivity index (χ3n) is 4.53. The summed E-state index contributed by atoms with van der Waals surface area (Å²) in [7, 11) is 0. The van der Waals surface area contributed by atoms with Crippen molar-refractivity contribution in [3.8, 4) is 16.9 Å². The first-order chi connectivity index (χ1) is 15.5. The predicted molar refractivity (Wildman–Crippen MR) is 114 cm³/mol. The van der Waals surface area contributed by atoms with E-state index in [4.69, 9.17) is 4.74 Å². The molecule has 6 nitrogen and oxygen atoms in total. The van der Waals surface area contributed by atoms with Crippen LogP contribution >= 0.6 is 0 Å². The number of benzene rings is 3. The number of amides is 1. The van der Waals surface area contributed by atoms with Gasteiger partial charge in [-0.05, 0) is 30.3 Å². The van der Waals surface area contributed by atoms with Crippen molar-refractivity contribution in [2.45, 2.75) is 0 Å². The molecule has 0 bridgehead atoms. The molecule has 0 unspecified atom stereocenters. The van der Waals surface area contributed by atoms with Gasteiger partial charge in [-0.1, -0.05) is 48.5 Å². The summed E-state index contributed by atoms with van der Waals surface area (Å²) in [6, 6.07) is 22.9. The van der Waals surface area contributed by atoms with Crippen LogP contribution in [0.25, 0.3) is 16.9 Å². The lowest BCUT2D eigenvalue weighted by molar-refractivity contribution is -0.119. The Bertz CT molecular complexity index is 1260. The maximum absolute atomic E-state index is 13.3. The first kappa shape index (κ1) is 20.9. The van der Waals surface area contributed by atoms with E-state index in [9.17, 15) is 18.4 Å². The zero-order valence-electron chi connectivity index (χ0n) is 16.7. The second kappa shape index (κ2) is 9.22. The molecule has 8 heteroatoms. The smallest absolute Gasteiger partial charge is 0.357 e. The number of aromatic nitrogens is 2. The number of halogens is 2. The number of para-hydroxylation sites is 1. The van der Waals surface area contributed by atoms with Crippen LogP contribution in [0.5, 0.6) is 0 Å². The molecular weight excluding hydrogens is 416 g/mol. The van der Waals surface area contributed by atoms with Crippen LogP contribution < -0.4 is 5.32 Å². The normalized spacial score (nSPS) is 10.6. The number of rotatable bonds is 6. The van der Waals surface area contributed by atoms with Crippen LogP contribution in [0, 0.1) is 11.6 Å². The Morgan fingerprint density at radius 1 is 0.875 bits per heavy atom. The van der Waals surface area contributed by atoms with Gasteiger partial charge in [-0.15, -0.1) is 0 Å². The molecule has 0 aliphatic heterocycles. The molecular formula is C24H17F2N3O3. The molecule has 0 aliphatic rings. The minimum Gasteiger partial charge on any atom is -0.451 e. The van der Waals surface area contributed by atoms with Crippen molar-refractivity contribution in [2.75, 3.05) is 11.9 Å². The molecule has 1 heterocycles. The molecule has 3 aromatic carbocycles. The third-order valence-corrected chi connectivity index (χ3v) is 4.53. The average molecular weight is 433 g/mol. The summed E-state index contributed by atoms with van der Waals surface area (Å²) in [5.41, 5.74) is 2.20. The summed E-state index contributed by atoms with van der Waals surface area (Å²) < 4.78 is 32.9. The molecule has 1 N–H and O–H groups in total. The van der Waals surface area contributed by atoms with Crippen LogP contribution in [-0.4, -0.2) is 28.3 Å². The van der Waals surface area contributed by atoms with Gasteiger partial charge >= 0.3 is 5.97 Å². The third kappa shape index (κ3) is 4.70. The van der Waals surface area contributed by atoms with Crippen molar-refractivity contribution in [1.29, 1.82) is 0 Å². The SMILES string of the molecule is O=C(COC(=O)c1cc(-c2ccccc2)nn1-c1ccccc1)Nc1ccc(F)c(F)c1. The fraction of sp³-hybridized carbons (Fsp3) is 0.0417. The Labute approximate surface area is 182 Å². The Balaban J connectivity index is 1.52. The molecule has 32 heavy (non-hydrogen) atoms. The number of esters is 1. The maximum atomic E-state index is 13.3. The van der Waals surface area contributed by atoms with Gasteiger partial charge in [-0.3, -0.25) is 4.79 Å². The highest BCUT2D eigenvalue weighted by molar-refractivity contribution is 5.95. The van der Waals surface area contributed by atoms with E-state index in [0.717, 1.165) is 17.7 Å². The van der Waals surface area contributed by atoms with Crippen molar-refractivity contribution >= 4 is 17.6 Å². The summed E-state index contributed by atoms with van der Waals surface area (Å²) in [4.78, 5) is 24.9. The topological polar surface area (TPSA) is 73.2 Å². The quantitative estimate of drug-likeness (QED) is 0.451. The van der Waals surface area contributed by atoms with E-state index < -0.39 is 30.1 Å². The van der Waals surface area contributed by atoms with Crippen LogP contribution in [0.2, 0.25) is 0 Å². The van der Waals surface area contributed by atoms with E-state index >= 15 is 0 Å². The lowest BCUT2D eigenvalue weighted by atomic mass is 10.1. The Morgan fingerprint density at radius 3 is 2.25 bits per heavy atom. The largest absolute Gasteiger partial charge is 0.451 e. The summed E-state index contributed by atoms with van der Waals surface area (Å²) in [6.07, 6.45) is 0. The number of carbonyl (C=O) groups is 2. The number of nitrogens with one attached hydrogen (secondary N) is 1. The lowest BCUT2D eigenvalue weighted by Crippen LogP contribution is -2.22. The monoisotopic (exact) mass is 433 g/mol. The minimum absolute atomic E-state index is 0.0469. The molecule has 0 saturated carbocycles. The highest BCUT2D eigenvalue weighted by atomic mass is 19.2. The van der Waals surface area contributed by atoms with Crippen LogP contribution in [-0.2, 0) is 9.53 Å². The first-order valence-electron chi connectivity index (χ1n) is 9.64. The first-order valence-corrected chi connectivity index (χ1v) is 9.64. The van der Waals surface area contributed by atoms with E-state index in [1.165, 1.54) is 10.7 Å². The van der Waals surface area contributed by atoms with Crippen molar-refractivity contribution in [3.63, 3.8) is 0 Å². The molecule has 0 radical (unpaired) electrons. The zero-order chi connectivity index (χ0) is 22.5. The van der Waals surface area contributed by atoms with Gasteiger partial charge < -0.3 is 10.1 Å². The Kier molecular flexibility index (Phi) is 6.03. The van der Waals surface area contributed by atoms with Crippen LogP contribution in [0.1, 0.15) is 10.5 Å². The van der Waals surface area contributed by atoms with Crippen LogP contribution in [0.4, 0.5) is 14.5 Å². The number of nitrogens with zero attached hydrogens (tertiary/aromatic N) is 2. The van der Waals surface area contributed by atoms with E-state index in [1.807, 2.05) is 48.5 Å². The maximum Gasteiger partial charge on any atom is 0.357 e. The molecule has 4 rings (SSSR count). The molecule has 1 aromatic heterocycles. The van der Waals surface area contributed by atoms with Gasteiger partial charge in [-0.25, -0.2) is 18.3 Å². The molecule has 0 atom stereocenters. The van der Waals surface area contributed by atoms with Gasteiger partial charge in [0.2, 0.25) is 0 Å². The van der Waals surface area contributed by atoms with E-state index in [0.29, 0.717) is 11.4 Å². The average Bonchev–Trinajstić information content (AvgIpc) is 3.27.